The van der Waals surface area contributed by atoms with Crippen LogP contribution in [-0.2, 0) is 0 Å². The second kappa shape index (κ2) is 8.44. The average Bonchev–Trinajstić information content (AvgIpc) is 2.43. The van der Waals surface area contributed by atoms with Gasteiger partial charge in [-0.25, -0.2) is 0 Å². The molecule has 1 N–H and O–H groups in total. The summed E-state index contributed by atoms with van der Waals surface area (Å²) >= 11 is 1.93. The summed E-state index contributed by atoms with van der Waals surface area (Å²) in [4.78, 5) is 1.24. The van der Waals surface area contributed by atoms with Crippen molar-refractivity contribution in [3.8, 4) is 5.75 Å². The predicted octanol–water partition coefficient (Wildman–Crippen LogP) is 3.95. The van der Waals surface area contributed by atoms with Crippen molar-refractivity contribution in [2.24, 2.45) is 0 Å². The van der Waals surface area contributed by atoms with Gasteiger partial charge < -0.3 is 10.1 Å². The van der Waals surface area contributed by atoms with E-state index < -0.39 is 0 Å². The quantitative estimate of drug-likeness (QED) is 0.721. The molecule has 0 aliphatic rings. The summed E-state index contributed by atoms with van der Waals surface area (Å²) in [6.45, 7) is 4.50. The highest BCUT2D eigenvalue weighted by Crippen LogP contribution is 2.35. The van der Waals surface area contributed by atoms with E-state index in [1.807, 2.05) is 23.9 Å². The van der Waals surface area contributed by atoms with E-state index in [4.69, 9.17) is 4.74 Å². The van der Waals surface area contributed by atoms with Crippen LogP contribution in [0.5, 0.6) is 5.75 Å². The Balaban J connectivity index is 2.78. The maximum atomic E-state index is 5.42. The number of hydrogen-bond acceptors (Lipinski definition) is 3. The molecule has 0 heterocycles. The summed E-state index contributed by atoms with van der Waals surface area (Å²) in [6, 6.07) is 8.83. The van der Waals surface area contributed by atoms with Gasteiger partial charge in [0.2, 0.25) is 0 Å². The Morgan fingerprint density at radius 1 is 1.28 bits per heavy atom. The molecule has 0 aliphatic heterocycles. The molecule has 2 atom stereocenters. The van der Waals surface area contributed by atoms with Gasteiger partial charge in [-0.05, 0) is 32.0 Å². The molecule has 0 radical (unpaired) electrons. The first kappa shape index (κ1) is 15.4. The molecule has 18 heavy (non-hydrogen) atoms. The highest BCUT2D eigenvalue weighted by atomic mass is 32.2. The normalized spacial score (nSPS) is 14.2. The van der Waals surface area contributed by atoms with Crippen molar-refractivity contribution in [3.63, 3.8) is 0 Å². The second-order valence-electron chi connectivity index (χ2n) is 4.40. The topological polar surface area (TPSA) is 21.3 Å². The number of nitrogens with one attached hydrogen (secondary N) is 1. The van der Waals surface area contributed by atoms with Crippen LogP contribution in [0.25, 0.3) is 0 Å². The van der Waals surface area contributed by atoms with Gasteiger partial charge in [-0.2, -0.15) is 0 Å². The van der Waals surface area contributed by atoms with Crippen LogP contribution in [0.4, 0.5) is 0 Å². The molecule has 0 saturated heterocycles. The lowest BCUT2D eigenvalue weighted by Gasteiger charge is -2.25. The van der Waals surface area contributed by atoms with Crippen molar-refractivity contribution >= 4 is 11.8 Å². The van der Waals surface area contributed by atoms with Crippen LogP contribution >= 0.6 is 11.8 Å². The number of para-hydroxylation sites is 1. The maximum absolute atomic E-state index is 5.42. The highest BCUT2D eigenvalue weighted by Gasteiger charge is 2.20. The molecule has 0 amide bonds. The third-order valence-corrected chi connectivity index (χ3v) is 4.72. The van der Waals surface area contributed by atoms with Crippen LogP contribution in [0, 0.1) is 0 Å². The van der Waals surface area contributed by atoms with Crippen molar-refractivity contribution in [1.29, 1.82) is 0 Å². The van der Waals surface area contributed by atoms with Gasteiger partial charge in [0.15, 0.2) is 0 Å². The van der Waals surface area contributed by atoms with E-state index in [1.54, 1.807) is 7.11 Å². The van der Waals surface area contributed by atoms with Gasteiger partial charge in [-0.3, -0.25) is 0 Å². The minimum atomic E-state index is 0.565. The summed E-state index contributed by atoms with van der Waals surface area (Å²) in [7, 11) is 3.80. The van der Waals surface area contributed by atoms with Crippen molar-refractivity contribution in [2.75, 3.05) is 14.2 Å². The SMILES string of the molecule is CCCC(NC)C(CC)Sc1ccccc1OC. The second-order valence-corrected chi connectivity index (χ2v) is 5.68. The predicted molar refractivity (Wildman–Crippen MR) is 80.7 cm³/mol. The molecular weight excluding hydrogens is 242 g/mol. The van der Waals surface area contributed by atoms with Gasteiger partial charge in [0.1, 0.15) is 5.75 Å². The van der Waals surface area contributed by atoms with E-state index in [1.165, 1.54) is 17.7 Å². The summed E-state index contributed by atoms with van der Waals surface area (Å²) < 4.78 is 5.42. The lowest BCUT2D eigenvalue weighted by Crippen LogP contribution is -2.35. The molecule has 2 unspecified atom stereocenters. The Kier molecular flexibility index (Phi) is 7.21. The van der Waals surface area contributed by atoms with E-state index >= 15 is 0 Å². The molecule has 0 bridgehead atoms. The monoisotopic (exact) mass is 267 g/mol. The fraction of sp³-hybridized carbons (Fsp3) is 0.600. The molecule has 0 fully saturated rings. The summed E-state index contributed by atoms with van der Waals surface area (Å²) in [5.41, 5.74) is 0. The number of rotatable bonds is 8. The van der Waals surface area contributed by atoms with Crippen LogP contribution in [-0.4, -0.2) is 25.4 Å². The zero-order valence-electron chi connectivity index (χ0n) is 11.9. The van der Waals surface area contributed by atoms with Crippen molar-refractivity contribution < 1.29 is 4.74 Å². The largest absolute Gasteiger partial charge is 0.496 e. The molecule has 102 valence electrons. The number of ether oxygens (including phenoxy) is 1. The minimum Gasteiger partial charge on any atom is -0.496 e. The third kappa shape index (κ3) is 4.21. The van der Waals surface area contributed by atoms with Gasteiger partial charge in [0, 0.05) is 16.2 Å². The molecular formula is C15H25NOS. The summed E-state index contributed by atoms with van der Waals surface area (Å²) in [5.74, 6) is 0.979. The Morgan fingerprint density at radius 2 is 2.00 bits per heavy atom. The Morgan fingerprint density at radius 3 is 2.56 bits per heavy atom. The Hall–Kier alpha value is -0.670. The molecule has 1 aromatic carbocycles. The van der Waals surface area contributed by atoms with Crippen LogP contribution in [0.3, 0.4) is 0 Å². The van der Waals surface area contributed by atoms with Crippen LogP contribution in [0.2, 0.25) is 0 Å². The number of benzene rings is 1. The van der Waals surface area contributed by atoms with Crippen molar-refractivity contribution in [1.82, 2.24) is 5.32 Å². The van der Waals surface area contributed by atoms with E-state index in [2.05, 4.69) is 38.3 Å². The van der Waals surface area contributed by atoms with Gasteiger partial charge in [0.25, 0.3) is 0 Å². The lowest BCUT2D eigenvalue weighted by molar-refractivity contribution is 0.404. The maximum Gasteiger partial charge on any atom is 0.132 e. The lowest BCUT2D eigenvalue weighted by atomic mass is 10.1. The van der Waals surface area contributed by atoms with Gasteiger partial charge >= 0.3 is 0 Å². The third-order valence-electron chi connectivity index (χ3n) is 3.17. The van der Waals surface area contributed by atoms with E-state index in [9.17, 15) is 0 Å². The van der Waals surface area contributed by atoms with Gasteiger partial charge in [-0.1, -0.05) is 32.4 Å². The van der Waals surface area contributed by atoms with Crippen molar-refractivity contribution in [3.05, 3.63) is 24.3 Å². The van der Waals surface area contributed by atoms with Crippen molar-refractivity contribution in [2.45, 2.75) is 49.3 Å². The molecule has 0 saturated carbocycles. The minimum absolute atomic E-state index is 0.565. The molecule has 1 rings (SSSR count). The smallest absolute Gasteiger partial charge is 0.132 e. The fourth-order valence-corrected chi connectivity index (χ4v) is 3.51. The number of thioether (sulfide) groups is 1. The molecule has 1 aromatic rings. The number of hydrogen-bond donors (Lipinski definition) is 1. The van der Waals surface area contributed by atoms with Gasteiger partial charge in [0.05, 0.1) is 7.11 Å². The van der Waals surface area contributed by atoms with E-state index in [0.717, 1.165) is 12.2 Å². The number of methoxy groups -OCH3 is 1. The average molecular weight is 267 g/mol. The van der Waals surface area contributed by atoms with E-state index in [0.29, 0.717) is 11.3 Å². The van der Waals surface area contributed by atoms with Crippen LogP contribution < -0.4 is 10.1 Å². The zero-order chi connectivity index (χ0) is 13.4. The molecule has 0 aliphatic carbocycles. The Bertz CT molecular complexity index is 343. The fourth-order valence-electron chi connectivity index (χ4n) is 2.16. The standard InChI is InChI=1S/C15H25NOS/c1-5-9-12(16-3)14(6-2)18-15-11-8-7-10-13(15)17-4/h7-8,10-12,14,16H,5-6,9H2,1-4H3. The first-order valence-corrected chi connectivity index (χ1v) is 7.61. The molecule has 2 nitrogen and oxygen atoms in total. The summed E-state index contributed by atoms with van der Waals surface area (Å²) in [5, 5.41) is 4.04. The Labute approximate surface area is 116 Å². The van der Waals surface area contributed by atoms with Crippen LogP contribution in [0.15, 0.2) is 29.2 Å². The molecule has 3 heteroatoms. The summed E-state index contributed by atoms with van der Waals surface area (Å²) in [6.07, 6.45) is 3.60. The zero-order valence-corrected chi connectivity index (χ0v) is 12.7. The van der Waals surface area contributed by atoms with E-state index in [-0.39, 0.29) is 0 Å². The van der Waals surface area contributed by atoms with Crippen LogP contribution in [0.1, 0.15) is 33.1 Å². The first-order valence-electron chi connectivity index (χ1n) is 6.73. The molecule has 0 aromatic heterocycles. The first-order chi connectivity index (χ1) is 8.76. The molecule has 0 spiro atoms. The van der Waals surface area contributed by atoms with Gasteiger partial charge in [-0.15, -0.1) is 11.8 Å². The highest BCUT2D eigenvalue weighted by molar-refractivity contribution is 8.00.